The molecule has 0 aromatic heterocycles. The highest BCUT2D eigenvalue weighted by atomic mass is 32.2. The largest absolute Gasteiger partial charge is 0.493 e. The predicted octanol–water partition coefficient (Wildman–Crippen LogP) is 7.90. The first kappa shape index (κ1) is 35.3. The van der Waals surface area contributed by atoms with Gasteiger partial charge < -0.3 is 30.2 Å². The number of carbonyl (C=O) groups excluding carboxylic acids is 3. The van der Waals surface area contributed by atoms with Crippen molar-refractivity contribution in [3.8, 4) is 17.2 Å². The van der Waals surface area contributed by atoms with Gasteiger partial charge in [0.25, 0.3) is 11.8 Å². The minimum atomic E-state index is -0.553. The molecule has 5 aromatic rings. The molecule has 1 atom stereocenters. The van der Waals surface area contributed by atoms with Gasteiger partial charge in [-0.25, -0.2) is 0 Å². The summed E-state index contributed by atoms with van der Waals surface area (Å²) in [6, 6.07) is 36.3. The molecule has 0 saturated carbocycles. The lowest BCUT2D eigenvalue weighted by atomic mass is 10.1. The van der Waals surface area contributed by atoms with Gasteiger partial charge in [0.15, 0.2) is 11.5 Å². The standard InChI is InChI=1S/C40H37N3O6S/c1-26-13-11-12-18-32(26)42-40(46)37(28-14-7-5-8-15-28)50-31-21-19-30(20-22-31)41-39(45)33(43-38(44)29-16-9-6-10-17-29)23-27-24-34(47-2)36(49-4)35(25-27)48-3/h5-25,37H,1-4H3,(H,41,45)(H,42,46)(H,43,44)/b33-23-. The number of benzene rings is 5. The lowest BCUT2D eigenvalue weighted by molar-refractivity contribution is -0.116. The second-order valence-electron chi connectivity index (χ2n) is 11.0. The maximum Gasteiger partial charge on any atom is 0.272 e. The number of methoxy groups -OCH3 is 3. The van der Waals surface area contributed by atoms with Crippen LogP contribution in [0.25, 0.3) is 6.08 Å². The number of ether oxygens (including phenoxy) is 3. The van der Waals surface area contributed by atoms with E-state index in [4.69, 9.17) is 14.2 Å². The van der Waals surface area contributed by atoms with Crippen LogP contribution >= 0.6 is 11.8 Å². The molecule has 0 aliphatic heterocycles. The molecule has 0 saturated heterocycles. The molecule has 0 bridgehead atoms. The topological polar surface area (TPSA) is 115 Å². The van der Waals surface area contributed by atoms with Crippen molar-refractivity contribution in [1.29, 1.82) is 0 Å². The normalized spacial score (nSPS) is 11.6. The van der Waals surface area contributed by atoms with Gasteiger partial charge in [-0.15, -0.1) is 11.8 Å². The van der Waals surface area contributed by atoms with Crippen LogP contribution in [-0.2, 0) is 9.59 Å². The summed E-state index contributed by atoms with van der Waals surface area (Å²) in [5.74, 6) is 0.0176. The van der Waals surface area contributed by atoms with Crippen LogP contribution in [0, 0.1) is 6.92 Å². The van der Waals surface area contributed by atoms with Crippen LogP contribution in [0.3, 0.4) is 0 Å². The summed E-state index contributed by atoms with van der Waals surface area (Å²) in [7, 11) is 4.49. The number of para-hydroxylation sites is 1. The average Bonchev–Trinajstić information content (AvgIpc) is 3.15. The van der Waals surface area contributed by atoms with Crippen molar-refractivity contribution >= 4 is 46.9 Å². The van der Waals surface area contributed by atoms with E-state index in [1.807, 2.05) is 73.7 Å². The van der Waals surface area contributed by atoms with Crippen molar-refractivity contribution in [2.45, 2.75) is 17.1 Å². The molecule has 10 heteroatoms. The van der Waals surface area contributed by atoms with E-state index in [0.717, 1.165) is 21.7 Å². The third-order valence-electron chi connectivity index (χ3n) is 7.64. The maximum atomic E-state index is 13.7. The molecule has 0 aliphatic carbocycles. The van der Waals surface area contributed by atoms with E-state index >= 15 is 0 Å². The van der Waals surface area contributed by atoms with Crippen LogP contribution in [0.1, 0.15) is 32.3 Å². The lowest BCUT2D eigenvalue weighted by Gasteiger charge is -2.18. The third-order valence-corrected chi connectivity index (χ3v) is 8.90. The molecule has 0 aliphatic rings. The Hall–Kier alpha value is -6.00. The molecule has 5 aromatic carbocycles. The van der Waals surface area contributed by atoms with Gasteiger partial charge >= 0.3 is 0 Å². The van der Waals surface area contributed by atoms with Crippen LogP contribution in [-0.4, -0.2) is 39.1 Å². The quantitative estimate of drug-likeness (QED) is 0.0852. The summed E-state index contributed by atoms with van der Waals surface area (Å²) in [6.07, 6.45) is 1.53. The highest BCUT2D eigenvalue weighted by molar-refractivity contribution is 8.00. The third kappa shape index (κ3) is 8.91. The van der Waals surface area contributed by atoms with Crippen LogP contribution < -0.4 is 30.2 Å². The Kier molecular flexibility index (Phi) is 11.9. The van der Waals surface area contributed by atoms with Gasteiger partial charge in [0, 0.05) is 21.8 Å². The molecule has 254 valence electrons. The summed E-state index contributed by atoms with van der Waals surface area (Å²) in [5.41, 5.74) is 3.98. The van der Waals surface area contributed by atoms with E-state index in [9.17, 15) is 14.4 Å². The van der Waals surface area contributed by atoms with Gasteiger partial charge in [-0.2, -0.15) is 0 Å². The van der Waals surface area contributed by atoms with E-state index in [-0.39, 0.29) is 11.6 Å². The zero-order valence-electron chi connectivity index (χ0n) is 28.1. The van der Waals surface area contributed by atoms with Crippen molar-refractivity contribution in [2.75, 3.05) is 32.0 Å². The Bertz CT molecular complexity index is 1960. The first-order valence-corrected chi connectivity index (χ1v) is 16.5. The van der Waals surface area contributed by atoms with Crippen molar-refractivity contribution in [3.63, 3.8) is 0 Å². The first-order chi connectivity index (χ1) is 24.3. The van der Waals surface area contributed by atoms with Crippen LogP contribution in [0.2, 0.25) is 0 Å². The second kappa shape index (κ2) is 16.9. The molecule has 0 radical (unpaired) electrons. The molecule has 3 N–H and O–H groups in total. The van der Waals surface area contributed by atoms with Crippen molar-refractivity contribution in [2.24, 2.45) is 0 Å². The maximum absolute atomic E-state index is 13.7. The number of hydrogen-bond acceptors (Lipinski definition) is 7. The smallest absolute Gasteiger partial charge is 0.272 e. The van der Waals surface area contributed by atoms with Gasteiger partial charge in [-0.1, -0.05) is 66.7 Å². The monoisotopic (exact) mass is 687 g/mol. The van der Waals surface area contributed by atoms with Gasteiger partial charge in [0.05, 0.1) is 21.3 Å². The highest BCUT2D eigenvalue weighted by Crippen LogP contribution is 2.39. The van der Waals surface area contributed by atoms with E-state index < -0.39 is 17.1 Å². The van der Waals surface area contributed by atoms with Crippen molar-refractivity contribution in [3.05, 3.63) is 149 Å². The van der Waals surface area contributed by atoms with E-state index in [2.05, 4.69) is 16.0 Å². The second-order valence-corrected chi connectivity index (χ2v) is 12.2. The van der Waals surface area contributed by atoms with E-state index in [1.54, 1.807) is 54.6 Å². The Morgan fingerprint density at radius 2 is 1.30 bits per heavy atom. The number of hydrogen-bond donors (Lipinski definition) is 3. The Balaban J connectivity index is 1.38. The summed E-state index contributed by atoms with van der Waals surface area (Å²) >= 11 is 1.40. The van der Waals surface area contributed by atoms with Crippen LogP contribution in [0.5, 0.6) is 17.2 Å². The van der Waals surface area contributed by atoms with Crippen molar-refractivity contribution < 1.29 is 28.6 Å². The molecule has 50 heavy (non-hydrogen) atoms. The number of carbonyl (C=O) groups is 3. The fourth-order valence-corrected chi connectivity index (χ4v) is 6.08. The molecule has 5 rings (SSSR count). The van der Waals surface area contributed by atoms with Gasteiger partial charge in [-0.3, -0.25) is 14.4 Å². The Morgan fingerprint density at radius 3 is 1.90 bits per heavy atom. The van der Waals surface area contributed by atoms with Gasteiger partial charge in [0.1, 0.15) is 10.9 Å². The summed E-state index contributed by atoms with van der Waals surface area (Å²) < 4.78 is 16.4. The van der Waals surface area contributed by atoms with Crippen LogP contribution in [0.15, 0.2) is 132 Å². The number of rotatable bonds is 13. The summed E-state index contributed by atoms with van der Waals surface area (Å²) in [4.78, 5) is 41.3. The molecule has 0 fully saturated rings. The molecule has 1 unspecified atom stereocenters. The fraction of sp³-hybridized carbons (Fsp3) is 0.125. The van der Waals surface area contributed by atoms with E-state index in [1.165, 1.54) is 39.2 Å². The fourth-order valence-electron chi connectivity index (χ4n) is 5.06. The predicted molar refractivity (Wildman–Crippen MR) is 198 cm³/mol. The lowest BCUT2D eigenvalue weighted by Crippen LogP contribution is -2.30. The minimum absolute atomic E-state index is 0.0106. The van der Waals surface area contributed by atoms with E-state index in [0.29, 0.717) is 34.1 Å². The SMILES string of the molecule is COc1cc(/C=C(\NC(=O)c2ccccc2)C(=O)Nc2ccc(SC(C(=O)Nc3ccccc3C)c3ccccc3)cc2)cc(OC)c1OC. The summed E-state index contributed by atoms with van der Waals surface area (Å²) in [5, 5.41) is 8.16. The highest BCUT2D eigenvalue weighted by Gasteiger charge is 2.23. The number of nitrogens with one attached hydrogen (secondary N) is 3. The number of aryl methyl sites for hydroxylation is 1. The number of anilines is 2. The first-order valence-electron chi connectivity index (χ1n) is 15.7. The average molecular weight is 688 g/mol. The number of amides is 3. The molecule has 0 heterocycles. The molecule has 9 nitrogen and oxygen atoms in total. The minimum Gasteiger partial charge on any atom is -0.493 e. The molecule has 0 spiro atoms. The van der Waals surface area contributed by atoms with Gasteiger partial charge in [0.2, 0.25) is 11.7 Å². The Labute approximate surface area is 295 Å². The number of thioether (sulfide) groups is 1. The van der Waals surface area contributed by atoms with Crippen molar-refractivity contribution in [1.82, 2.24) is 5.32 Å². The van der Waals surface area contributed by atoms with Crippen LogP contribution in [0.4, 0.5) is 11.4 Å². The Morgan fingerprint density at radius 1 is 0.700 bits per heavy atom. The molecular weight excluding hydrogens is 651 g/mol. The molecular formula is C40H37N3O6S. The van der Waals surface area contributed by atoms with Gasteiger partial charge in [-0.05, 0) is 84.3 Å². The zero-order valence-corrected chi connectivity index (χ0v) is 28.9. The molecule has 3 amide bonds. The summed E-state index contributed by atoms with van der Waals surface area (Å²) in [6.45, 7) is 1.95. The zero-order chi connectivity index (χ0) is 35.5.